The molecular weight excluding hydrogens is 199 g/mol. The van der Waals surface area contributed by atoms with E-state index in [0.717, 1.165) is 17.4 Å². The second-order valence-electron chi connectivity index (χ2n) is 2.81. The zero-order valence-corrected chi connectivity index (χ0v) is 8.58. The van der Waals surface area contributed by atoms with Crippen molar-refractivity contribution in [1.29, 1.82) is 0 Å². The predicted molar refractivity (Wildman–Crippen MR) is 55.1 cm³/mol. The Morgan fingerprint density at radius 2 is 2.29 bits per heavy atom. The van der Waals surface area contributed by atoms with Crippen LogP contribution in [0.3, 0.4) is 0 Å². The first-order valence-electron chi connectivity index (χ1n) is 4.06. The van der Waals surface area contributed by atoms with Gasteiger partial charge in [-0.25, -0.2) is 4.45 Å². The molecule has 1 aromatic carbocycles. The van der Waals surface area contributed by atoms with E-state index < -0.39 is 0 Å². The van der Waals surface area contributed by atoms with E-state index in [0.29, 0.717) is 0 Å². The van der Waals surface area contributed by atoms with Crippen LogP contribution in [0.15, 0.2) is 24.3 Å². The van der Waals surface area contributed by atoms with Crippen LogP contribution in [0.4, 0.5) is 0 Å². The van der Waals surface area contributed by atoms with Crippen LogP contribution in [-0.2, 0) is 4.79 Å². The molecule has 5 nitrogen and oxygen atoms in total. The number of hydrogen-bond donors (Lipinski definition) is 0. The number of aromatic nitrogens is 3. The second kappa shape index (κ2) is 3.72. The van der Waals surface area contributed by atoms with Gasteiger partial charge in [-0.2, -0.15) is 0 Å². The summed E-state index contributed by atoms with van der Waals surface area (Å²) in [6.45, 7) is 0. The lowest BCUT2D eigenvalue weighted by atomic mass is 10.3. The fourth-order valence-corrected chi connectivity index (χ4v) is 1.84. The highest BCUT2D eigenvalue weighted by Crippen LogP contribution is 2.21. The van der Waals surface area contributed by atoms with Crippen molar-refractivity contribution in [1.82, 2.24) is 19.4 Å². The Morgan fingerprint density at radius 3 is 3.07 bits per heavy atom. The fraction of sp³-hybridized carbons (Fsp3) is 0.125. The maximum absolute atomic E-state index is 10.4. The maximum atomic E-state index is 10.4. The maximum Gasteiger partial charge on any atom is 0.213 e. The third-order valence-electron chi connectivity index (χ3n) is 1.76. The van der Waals surface area contributed by atoms with Crippen LogP contribution in [0, 0.1) is 0 Å². The quantitative estimate of drug-likeness (QED) is 0.555. The van der Waals surface area contributed by atoms with Crippen molar-refractivity contribution in [2.75, 3.05) is 7.05 Å². The van der Waals surface area contributed by atoms with E-state index in [9.17, 15) is 4.79 Å². The zero-order valence-electron chi connectivity index (χ0n) is 7.58. The summed E-state index contributed by atoms with van der Waals surface area (Å²) in [4.78, 5) is 10.4. The average molecular weight is 208 g/mol. The standard InChI is InChI=1S/C8H9N4OP/c1-11(6-13)14-12-8-5-3-2-4-7(8)9-10-12/h2-6,14H,1H3. The summed E-state index contributed by atoms with van der Waals surface area (Å²) in [5.74, 6) is 0. The Balaban J connectivity index is 2.38. The molecule has 2 aromatic rings. The molecule has 6 heteroatoms. The molecule has 0 saturated carbocycles. The number of nitrogens with zero attached hydrogens (tertiary/aromatic N) is 4. The summed E-state index contributed by atoms with van der Waals surface area (Å²) in [6, 6.07) is 7.66. The van der Waals surface area contributed by atoms with Crippen molar-refractivity contribution in [3.63, 3.8) is 0 Å². The van der Waals surface area contributed by atoms with Gasteiger partial charge in [0.25, 0.3) is 0 Å². The van der Waals surface area contributed by atoms with Gasteiger partial charge in [-0.3, -0.25) is 4.79 Å². The first-order valence-corrected chi connectivity index (χ1v) is 4.96. The van der Waals surface area contributed by atoms with E-state index in [1.54, 1.807) is 11.5 Å². The summed E-state index contributed by atoms with van der Waals surface area (Å²) >= 11 is 0. The molecule has 0 spiro atoms. The summed E-state index contributed by atoms with van der Waals surface area (Å²) in [6.07, 6.45) is 0.773. The molecule has 0 aliphatic heterocycles. The lowest BCUT2D eigenvalue weighted by Crippen LogP contribution is -2.06. The van der Waals surface area contributed by atoms with Crippen molar-refractivity contribution in [2.24, 2.45) is 0 Å². The van der Waals surface area contributed by atoms with E-state index >= 15 is 0 Å². The number of carbonyl (C=O) groups excluding carboxylic acids is 1. The molecule has 72 valence electrons. The van der Waals surface area contributed by atoms with Crippen LogP contribution >= 0.6 is 8.88 Å². The van der Waals surface area contributed by atoms with Gasteiger partial charge < -0.3 is 4.67 Å². The first-order chi connectivity index (χ1) is 6.81. The largest absolute Gasteiger partial charge is 0.311 e. The summed E-state index contributed by atoms with van der Waals surface area (Å²) in [7, 11) is 1.88. The number of fused-ring (bicyclic) bond motifs is 1. The molecular formula is C8H9N4OP. The van der Waals surface area contributed by atoms with Gasteiger partial charge in [-0.05, 0) is 12.1 Å². The fourth-order valence-electron chi connectivity index (χ4n) is 1.12. The SMILES string of the molecule is CN(C=O)Pn1nnc2ccccc21. The van der Waals surface area contributed by atoms with Crippen molar-refractivity contribution < 1.29 is 4.79 Å². The van der Waals surface area contributed by atoms with Gasteiger partial charge >= 0.3 is 0 Å². The molecule has 1 amide bonds. The Hall–Kier alpha value is -1.48. The molecule has 0 radical (unpaired) electrons. The van der Waals surface area contributed by atoms with Gasteiger partial charge in [0.1, 0.15) is 14.4 Å². The smallest absolute Gasteiger partial charge is 0.213 e. The third-order valence-corrected chi connectivity index (χ3v) is 2.70. The number of hydrogen-bond acceptors (Lipinski definition) is 3. The molecule has 1 unspecified atom stereocenters. The summed E-state index contributed by atoms with van der Waals surface area (Å²) in [5, 5.41) is 7.95. The molecule has 1 aromatic heterocycles. The molecule has 2 rings (SSSR count). The van der Waals surface area contributed by atoms with E-state index in [1.165, 1.54) is 4.67 Å². The predicted octanol–water partition coefficient (Wildman–Crippen LogP) is 0.876. The lowest BCUT2D eigenvalue weighted by Gasteiger charge is -2.08. The molecule has 1 heterocycles. The third kappa shape index (κ3) is 1.59. The number of carbonyl (C=O) groups is 1. The monoisotopic (exact) mass is 208 g/mol. The van der Waals surface area contributed by atoms with Gasteiger partial charge in [0.15, 0.2) is 0 Å². The van der Waals surface area contributed by atoms with Crippen LogP contribution in [0.5, 0.6) is 0 Å². The lowest BCUT2D eigenvalue weighted by molar-refractivity contribution is -0.113. The number of rotatable bonds is 3. The minimum atomic E-state index is 0.165. The topological polar surface area (TPSA) is 51.0 Å². The second-order valence-corrected chi connectivity index (χ2v) is 4.14. The Kier molecular flexibility index (Phi) is 2.41. The van der Waals surface area contributed by atoms with Gasteiger partial charge in [0.05, 0.1) is 5.52 Å². The van der Waals surface area contributed by atoms with Crippen molar-refractivity contribution in [2.45, 2.75) is 0 Å². The van der Waals surface area contributed by atoms with Crippen LogP contribution in [0.25, 0.3) is 11.0 Å². The molecule has 0 aliphatic carbocycles. The van der Waals surface area contributed by atoms with E-state index in [-0.39, 0.29) is 8.88 Å². The molecule has 14 heavy (non-hydrogen) atoms. The Bertz CT molecular complexity index is 455. The zero-order chi connectivity index (χ0) is 9.97. The Morgan fingerprint density at radius 1 is 1.50 bits per heavy atom. The van der Waals surface area contributed by atoms with E-state index in [4.69, 9.17) is 0 Å². The minimum absolute atomic E-state index is 0.165. The highest BCUT2D eigenvalue weighted by molar-refractivity contribution is 7.34. The summed E-state index contributed by atoms with van der Waals surface area (Å²) in [5.41, 5.74) is 1.79. The summed E-state index contributed by atoms with van der Waals surface area (Å²) < 4.78 is 3.24. The molecule has 1 atom stereocenters. The molecule has 0 saturated heterocycles. The van der Waals surface area contributed by atoms with Crippen molar-refractivity contribution in [3.8, 4) is 0 Å². The van der Waals surface area contributed by atoms with Gasteiger partial charge in [-0.15, -0.1) is 5.10 Å². The molecule has 0 bridgehead atoms. The van der Waals surface area contributed by atoms with Gasteiger partial charge in [0.2, 0.25) is 6.41 Å². The average Bonchev–Trinajstić information content (AvgIpc) is 2.62. The van der Waals surface area contributed by atoms with Crippen molar-refractivity contribution in [3.05, 3.63) is 24.3 Å². The number of para-hydroxylation sites is 1. The molecule has 0 N–H and O–H groups in total. The first kappa shape index (κ1) is 9.09. The number of benzene rings is 1. The highest BCUT2D eigenvalue weighted by atomic mass is 31.1. The Labute approximate surface area is 82.6 Å². The van der Waals surface area contributed by atoms with Crippen LogP contribution in [-0.4, -0.2) is 32.9 Å². The normalized spacial score (nSPS) is 11.2. The minimum Gasteiger partial charge on any atom is -0.311 e. The van der Waals surface area contributed by atoms with Gasteiger partial charge in [0, 0.05) is 7.05 Å². The number of amides is 1. The highest BCUT2D eigenvalue weighted by Gasteiger charge is 2.04. The van der Waals surface area contributed by atoms with Crippen molar-refractivity contribution >= 4 is 26.3 Å². The van der Waals surface area contributed by atoms with E-state index in [1.807, 2.05) is 24.3 Å². The van der Waals surface area contributed by atoms with E-state index in [2.05, 4.69) is 10.3 Å². The van der Waals surface area contributed by atoms with Gasteiger partial charge in [-0.1, -0.05) is 17.3 Å². The molecule has 0 fully saturated rings. The molecule has 0 aliphatic rings. The van der Waals surface area contributed by atoms with Crippen LogP contribution in [0.1, 0.15) is 0 Å². The van der Waals surface area contributed by atoms with Crippen LogP contribution in [0.2, 0.25) is 0 Å². The van der Waals surface area contributed by atoms with Crippen LogP contribution < -0.4 is 0 Å².